The molecule has 3 aromatic rings. The Labute approximate surface area is 144 Å². The second-order valence-corrected chi connectivity index (χ2v) is 5.97. The van der Waals surface area contributed by atoms with Gasteiger partial charge in [-0.25, -0.2) is 9.58 Å². The molecule has 0 unspecified atom stereocenters. The molecule has 0 aliphatic carbocycles. The molecule has 2 aromatic carbocycles. The zero-order chi connectivity index (χ0) is 17.6. The highest BCUT2D eigenvalue weighted by Crippen LogP contribution is 2.30. The van der Waals surface area contributed by atoms with Gasteiger partial charge in [0.05, 0.1) is 34.4 Å². The van der Waals surface area contributed by atoms with Crippen molar-refractivity contribution in [3.63, 3.8) is 0 Å². The van der Waals surface area contributed by atoms with E-state index in [0.29, 0.717) is 16.8 Å². The van der Waals surface area contributed by atoms with Gasteiger partial charge in [0.2, 0.25) is 0 Å². The topological polar surface area (TPSA) is 68.1 Å². The van der Waals surface area contributed by atoms with E-state index in [-0.39, 0.29) is 11.8 Å². The fourth-order valence-electron chi connectivity index (χ4n) is 2.99. The lowest BCUT2D eigenvalue weighted by molar-refractivity contribution is 0.0926. The van der Waals surface area contributed by atoms with Gasteiger partial charge in [-0.3, -0.25) is 9.59 Å². The Morgan fingerprint density at radius 1 is 1.00 bits per heavy atom. The molecule has 1 aliphatic heterocycles. The number of hydrogen-bond donors (Lipinski definition) is 0. The van der Waals surface area contributed by atoms with Gasteiger partial charge in [-0.05, 0) is 43.2 Å². The molecule has 4 rings (SSSR count). The smallest absolute Gasteiger partial charge is 0.266 e. The molecule has 0 atom stereocenters. The Morgan fingerprint density at radius 2 is 1.68 bits per heavy atom. The van der Waals surface area contributed by atoms with Crippen molar-refractivity contribution in [3.05, 3.63) is 71.0 Å². The molecule has 6 heteroatoms. The van der Waals surface area contributed by atoms with Crippen molar-refractivity contribution in [1.82, 2.24) is 15.0 Å². The summed E-state index contributed by atoms with van der Waals surface area (Å²) in [6, 6.07) is 12.3. The van der Waals surface area contributed by atoms with Crippen molar-refractivity contribution in [3.8, 4) is 5.69 Å². The molecule has 0 spiro atoms. The highest BCUT2D eigenvalue weighted by Gasteiger charge is 2.36. The molecule has 0 bridgehead atoms. The maximum absolute atomic E-state index is 12.7. The lowest BCUT2D eigenvalue weighted by Gasteiger charge is -2.16. The third-order valence-electron chi connectivity index (χ3n) is 4.39. The van der Waals surface area contributed by atoms with E-state index in [1.54, 1.807) is 41.1 Å². The molecule has 1 aromatic heterocycles. The van der Waals surface area contributed by atoms with Gasteiger partial charge in [0.1, 0.15) is 0 Å². The molecule has 0 saturated carbocycles. The largest absolute Gasteiger partial charge is 0.268 e. The fraction of sp³-hybridized carbons (Fsp3) is 0.158. The highest BCUT2D eigenvalue weighted by molar-refractivity contribution is 6.34. The molecule has 1 aliphatic rings. The zero-order valence-electron chi connectivity index (χ0n) is 13.9. The van der Waals surface area contributed by atoms with Gasteiger partial charge in [0, 0.05) is 0 Å². The lowest BCUT2D eigenvalue weighted by Crippen LogP contribution is -2.29. The summed E-state index contributed by atoms with van der Waals surface area (Å²) >= 11 is 0. The lowest BCUT2D eigenvalue weighted by atomic mass is 10.1. The van der Waals surface area contributed by atoms with Crippen LogP contribution in [0.2, 0.25) is 0 Å². The van der Waals surface area contributed by atoms with Gasteiger partial charge in [0.25, 0.3) is 11.8 Å². The van der Waals surface area contributed by atoms with Crippen LogP contribution in [0.5, 0.6) is 0 Å². The maximum atomic E-state index is 12.7. The third-order valence-corrected chi connectivity index (χ3v) is 4.39. The SMILES string of the molecule is CCc1cn(-c2cc(N3C(=O)c4ccccc4C3=O)ccc2C)nn1. The van der Waals surface area contributed by atoms with Crippen molar-refractivity contribution in [2.24, 2.45) is 0 Å². The zero-order valence-corrected chi connectivity index (χ0v) is 13.9. The minimum atomic E-state index is -0.303. The summed E-state index contributed by atoms with van der Waals surface area (Å²) in [5.41, 5.74) is 4.05. The number of anilines is 1. The number of imide groups is 1. The van der Waals surface area contributed by atoms with Crippen molar-refractivity contribution >= 4 is 17.5 Å². The van der Waals surface area contributed by atoms with Crippen LogP contribution >= 0.6 is 0 Å². The molecule has 124 valence electrons. The summed E-state index contributed by atoms with van der Waals surface area (Å²) in [6.45, 7) is 3.96. The number of nitrogens with zero attached hydrogens (tertiary/aromatic N) is 4. The minimum absolute atomic E-state index is 0.303. The summed E-state index contributed by atoms with van der Waals surface area (Å²) in [5.74, 6) is -0.605. The Hall–Kier alpha value is -3.28. The third kappa shape index (κ3) is 2.34. The molecule has 6 nitrogen and oxygen atoms in total. The Balaban J connectivity index is 1.79. The van der Waals surface area contributed by atoms with Gasteiger partial charge < -0.3 is 0 Å². The number of carbonyl (C=O) groups excluding carboxylic acids is 2. The number of carbonyl (C=O) groups is 2. The quantitative estimate of drug-likeness (QED) is 0.692. The van der Waals surface area contributed by atoms with Crippen molar-refractivity contribution in [2.75, 3.05) is 4.90 Å². The van der Waals surface area contributed by atoms with Crippen LogP contribution in [-0.4, -0.2) is 26.8 Å². The van der Waals surface area contributed by atoms with E-state index in [1.165, 1.54) is 4.90 Å². The van der Waals surface area contributed by atoms with E-state index in [0.717, 1.165) is 23.4 Å². The van der Waals surface area contributed by atoms with Gasteiger partial charge in [-0.15, -0.1) is 5.10 Å². The molecule has 2 heterocycles. The first-order valence-electron chi connectivity index (χ1n) is 8.10. The maximum Gasteiger partial charge on any atom is 0.266 e. The van der Waals surface area contributed by atoms with E-state index < -0.39 is 0 Å². The molecule has 2 amide bonds. The van der Waals surface area contributed by atoms with Crippen LogP contribution in [0.15, 0.2) is 48.7 Å². The number of benzene rings is 2. The fourth-order valence-corrected chi connectivity index (χ4v) is 2.99. The summed E-state index contributed by atoms with van der Waals surface area (Å²) in [5, 5.41) is 8.25. The summed E-state index contributed by atoms with van der Waals surface area (Å²) < 4.78 is 1.68. The average molecular weight is 332 g/mol. The first kappa shape index (κ1) is 15.3. The predicted molar refractivity (Wildman–Crippen MR) is 93.1 cm³/mol. The summed E-state index contributed by atoms with van der Waals surface area (Å²) in [4.78, 5) is 26.5. The van der Waals surface area contributed by atoms with E-state index in [2.05, 4.69) is 10.3 Å². The molecule has 0 N–H and O–H groups in total. The normalized spacial score (nSPS) is 13.4. The number of rotatable bonds is 3. The second-order valence-electron chi connectivity index (χ2n) is 5.97. The second kappa shape index (κ2) is 5.66. The number of amides is 2. The highest BCUT2D eigenvalue weighted by atomic mass is 16.2. The van der Waals surface area contributed by atoms with E-state index >= 15 is 0 Å². The van der Waals surface area contributed by atoms with Crippen LogP contribution in [0, 0.1) is 6.92 Å². The first-order chi connectivity index (χ1) is 12.1. The molecule has 0 radical (unpaired) electrons. The number of aryl methyl sites for hydroxylation is 2. The van der Waals surface area contributed by atoms with E-state index in [9.17, 15) is 9.59 Å². The van der Waals surface area contributed by atoms with Crippen molar-refractivity contribution < 1.29 is 9.59 Å². The van der Waals surface area contributed by atoms with Gasteiger partial charge in [0.15, 0.2) is 0 Å². The van der Waals surface area contributed by atoms with E-state index in [4.69, 9.17) is 0 Å². The monoisotopic (exact) mass is 332 g/mol. The molecular formula is C19H16N4O2. The van der Waals surface area contributed by atoms with Crippen molar-refractivity contribution in [2.45, 2.75) is 20.3 Å². The summed E-state index contributed by atoms with van der Waals surface area (Å²) in [6.07, 6.45) is 2.64. The standard InChI is InChI=1S/C19H16N4O2/c1-3-13-11-22(21-20-13)17-10-14(9-8-12(17)2)23-18(24)15-6-4-5-7-16(15)19(23)25/h4-11H,3H2,1-2H3. The molecular weight excluding hydrogens is 316 g/mol. The van der Waals surface area contributed by atoms with Gasteiger partial charge in [-0.2, -0.15) is 0 Å². The van der Waals surface area contributed by atoms with Crippen LogP contribution in [0.4, 0.5) is 5.69 Å². The van der Waals surface area contributed by atoms with Crippen LogP contribution < -0.4 is 4.90 Å². The predicted octanol–water partition coefficient (Wildman–Crippen LogP) is 2.94. The van der Waals surface area contributed by atoms with Crippen LogP contribution in [0.25, 0.3) is 5.69 Å². The van der Waals surface area contributed by atoms with Gasteiger partial charge in [-0.1, -0.05) is 30.3 Å². The van der Waals surface area contributed by atoms with Crippen LogP contribution in [0.1, 0.15) is 38.9 Å². The Morgan fingerprint density at radius 3 is 2.28 bits per heavy atom. The van der Waals surface area contributed by atoms with E-state index in [1.807, 2.05) is 26.1 Å². The number of aromatic nitrogens is 3. The summed E-state index contributed by atoms with van der Waals surface area (Å²) in [7, 11) is 0. The van der Waals surface area contributed by atoms with Crippen molar-refractivity contribution in [1.29, 1.82) is 0 Å². The molecule has 0 fully saturated rings. The Kier molecular flexibility index (Phi) is 3.46. The minimum Gasteiger partial charge on any atom is -0.268 e. The average Bonchev–Trinajstić information content (AvgIpc) is 3.20. The van der Waals surface area contributed by atoms with Crippen LogP contribution in [0.3, 0.4) is 0 Å². The molecule has 0 saturated heterocycles. The molecule has 25 heavy (non-hydrogen) atoms. The number of hydrogen-bond acceptors (Lipinski definition) is 4. The number of fused-ring (bicyclic) bond motifs is 1. The Bertz CT molecular complexity index is 971. The first-order valence-corrected chi connectivity index (χ1v) is 8.10. The van der Waals surface area contributed by atoms with Crippen LogP contribution in [-0.2, 0) is 6.42 Å². The van der Waals surface area contributed by atoms with Gasteiger partial charge >= 0.3 is 0 Å².